The number of halogens is 1. The summed E-state index contributed by atoms with van der Waals surface area (Å²) in [7, 11) is 0. The average molecular weight is 244 g/mol. The number of aromatic carboxylic acids is 1. The Bertz CT molecular complexity index is 481. The van der Waals surface area contributed by atoms with Gasteiger partial charge in [0.25, 0.3) is 5.78 Å². The van der Waals surface area contributed by atoms with Crippen LogP contribution >= 0.6 is 15.9 Å². The van der Waals surface area contributed by atoms with Crippen molar-refractivity contribution in [2.45, 2.75) is 0 Å². The second-order valence-electron chi connectivity index (χ2n) is 2.15. The van der Waals surface area contributed by atoms with Crippen LogP contribution in [0.25, 0.3) is 5.78 Å². The number of hydrogen-bond acceptors (Lipinski definition) is 5. The highest BCUT2D eigenvalue weighted by molar-refractivity contribution is 9.10. The van der Waals surface area contributed by atoms with Crippen molar-refractivity contribution in [3.8, 4) is 0 Å². The Morgan fingerprint density at radius 2 is 2.38 bits per heavy atom. The van der Waals surface area contributed by atoms with Gasteiger partial charge in [-0.3, -0.25) is 0 Å². The number of fused-ring (bicyclic) bond motifs is 1. The summed E-state index contributed by atoms with van der Waals surface area (Å²) in [6.07, 6.45) is 1.34. The molecule has 2 aromatic heterocycles. The van der Waals surface area contributed by atoms with Gasteiger partial charge < -0.3 is 5.11 Å². The number of tetrazole rings is 1. The van der Waals surface area contributed by atoms with Gasteiger partial charge >= 0.3 is 5.97 Å². The van der Waals surface area contributed by atoms with Gasteiger partial charge in [0.05, 0.1) is 4.47 Å². The molecule has 7 nitrogen and oxygen atoms in total. The van der Waals surface area contributed by atoms with E-state index in [1.807, 2.05) is 0 Å². The first-order valence-corrected chi connectivity index (χ1v) is 3.95. The predicted octanol–water partition coefficient (Wildman–Crippen LogP) is -0.0200. The number of rotatable bonds is 1. The first-order valence-electron chi connectivity index (χ1n) is 3.16. The van der Waals surface area contributed by atoms with Gasteiger partial charge in [0, 0.05) is 6.20 Å². The van der Waals surface area contributed by atoms with Crippen LogP contribution in [-0.2, 0) is 0 Å². The standard InChI is InChI=1S/C5H2BrN5O2/c6-2-1-7-5-8-9-10-11(5)3(2)4(12)13/h1H,(H,12,13). The lowest BCUT2D eigenvalue weighted by atomic mass is 10.4. The van der Waals surface area contributed by atoms with Gasteiger partial charge in [0.15, 0.2) is 5.69 Å². The molecule has 0 aliphatic carbocycles. The molecule has 0 aromatic carbocycles. The average Bonchev–Trinajstić information content (AvgIpc) is 2.50. The Labute approximate surface area is 79.5 Å². The highest BCUT2D eigenvalue weighted by Crippen LogP contribution is 2.14. The molecule has 66 valence electrons. The van der Waals surface area contributed by atoms with Crippen LogP contribution in [0.15, 0.2) is 10.7 Å². The smallest absolute Gasteiger partial charge is 0.356 e. The van der Waals surface area contributed by atoms with Crippen molar-refractivity contribution >= 4 is 27.7 Å². The molecule has 0 atom stereocenters. The summed E-state index contributed by atoms with van der Waals surface area (Å²) < 4.78 is 1.38. The summed E-state index contributed by atoms with van der Waals surface area (Å²) in [5.74, 6) is -0.966. The molecule has 0 fully saturated rings. The van der Waals surface area contributed by atoms with E-state index in [0.29, 0.717) is 4.47 Å². The van der Waals surface area contributed by atoms with Crippen LogP contribution in [0.5, 0.6) is 0 Å². The summed E-state index contributed by atoms with van der Waals surface area (Å²) in [6.45, 7) is 0. The van der Waals surface area contributed by atoms with Crippen LogP contribution in [0.2, 0.25) is 0 Å². The quantitative estimate of drug-likeness (QED) is 0.757. The third-order valence-corrected chi connectivity index (χ3v) is 1.97. The molecule has 0 spiro atoms. The number of hydrogen-bond donors (Lipinski definition) is 1. The van der Waals surface area contributed by atoms with Gasteiger partial charge in [-0.05, 0) is 26.4 Å². The van der Waals surface area contributed by atoms with Crippen LogP contribution in [-0.4, -0.2) is 36.1 Å². The number of carbonyl (C=O) groups is 1. The van der Waals surface area contributed by atoms with E-state index in [2.05, 4.69) is 36.4 Å². The van der Waals surface area contributed by atoms with Crippen LogP contribution < -0.4 is 0 Å². The second-order valence-corrected chi connectivity index (χ2v) is 3.00. The minimum absolute atomic E-state index is 0.0463. The molecule has 2 rings (SSSR count). The summed E-state index contributed by atoms with van der Waals surface area (Å²) in [5.41, 5.74) is -0.0463. The fourth-order valence-corrected chi connectivity index (χ4v) is 1.32. The molecule has 2 aromatic rings. The van der Waals surface area contributed by atoms with Crippen LogP contribution in [0.4, 0.5) is 0 Å². The molecule has 0 amide bonds. The molecule has 8 heteroatoms. The Balaban J connectivity index is 2.88. The summed E-state index contributed by atoms with van der Waals surface area (Å²) >= 11 is 3.04. The Morgan fingerprint density at radius 3 is 3.08 bits per heavy atom. The normalized spacial score (nSPS) is 10.5. The highest BCUT2D eigenvalue weighted by Gasteiger charge is 2.15. The molecular formula is C5H2BrN5O2. The predicted molar refractivity (Wildman–Crippen MR) is 43.2 cm³/mol. The summed E-state index contributed by atoms with van der Waals surface area (Å²) in [6, 6.07) is 0. The molecule has 2 heterocycles. The molecule has 0 bridgehead atoms. The summed E-state index contributed by atoms with van der Waals surface area (Å²) in [4.78, 5) is 14.6. The molecule has 0 radical (unpaired) electrons. The molecule has 1 N–H and O–H groups in total. The lowest BCUT2D eigenvalue weighted by Gasteiger charge is -1.98. The van der Waals surface area contributed by atoms with E-state index < -0.39 is 5.97 Å². The SMILES string of the molecule is O=C(O)c1c(Br)cnc2nnnn12. The number of aromatic nitrogens is 5. The topological polar surface area (TPSA) is 93.3 Å². The third-order valence-electron chi connectivity index (χ3n) is 1.39. The first kappa shape index (κ1) is 8.05. The zero-order chi connectivity index (χ0) is 9.42. The Morgan fingerprint density at radius 1 is 1.62 bits per heavy atom. The van der Waals surface area contributed by atoms with Gasteiger partial charge in [-0.25, -0.2) is 9.78 Å². The van der Waals surface area contributed by atoms with E-state index in [0.717, 1.165) is 4.52 Å². The van der Waals surface area contributed by atoms with E-state index in [1.165, 1.54) is 6.20 Å². The molecule has 0 aliphatic rings. The van der Waals surface area contributed by atoms with E-state index in [-0.39, 0.29) is 11.5 Å². The maximum atomic E-state index is 10.8. The van der Waals surface area contributed by atoms with E-state index >= 15 is 0 Å². The minimum atomic E-state index is -1.12. The third kappa shape index (κ3) is 1.15. The van der Waals surface area contributed by atoms with Gasteiger partial charge in [-0.1, -0.05) is 5.10 Å². The minimum Gasteiger partial charge on any atom is -0.476 e. The largest absolute Gasteiger partial charge is 0.476 e. The second kappa shape index (κ2) is 2.73. The zero-order valence-electron chi connectivity index (χ0n) is 6.05. The Hall–Kier alpha value is -1.57. The number of nitrogens with zero attached hydrogens (tertiary/aromatic N) is 5. The molecule has 0 unspecified atom stereocenters. The fraction of sp³-hybridized carbons (Fsp3) is 0. The lowest BCUT2D eigenvalue weighted by Crippen LogP contribution is -2.08. The van der Waals surface area contributed by atoms with Crippen molar-refractivity contribution in [2.75, 3.05) is 0 Å². The van der Waals surface area contributed by atoms with Crippen LogP contribution in [0.3, 0.4) is 0 Å². The number of carboxylic acids is 1. The van der Waals surface area contributed by atoms with Crippen molar-refractivity contribution in [3.63, 3.8) is 0 Å². The highest BCUT2D eigenvalue weighted by atomic mass is 79.9. The van der Waals surface area contributed by atoms with Crippen LogP contribution in [0, 0.1) is 0 Å². The van der Waals surface area contributed by atoms with Gasteiger partial charge in [-0.2, -0.15) is 4.52 Å². The number of carboxylic acid groups (broad SMARTS) is 1. The monoisotopic (exact) mass is 243 g/mol. The molecule has 0 saturated carbocycles. The fourth-order valence-electron chi connectivity index (χ4n) is 0.877. The van der Waals surface area contributed by atoms with Crippen molar-refractivity contribution in [1.82, 2.24) is 25.0 Å². The van der Waals surface area contributed by atoms with E-state index in [9.17, 15) is 4.79 Å². The van der Waals surface area contributed by atoms with Crippen LogP contribution in [0.1, 0.15) is 10.5 Å². The van der Waals surface area contributed by atoms with Crippen molar-refractivity contribution in [3.05, 3.63) is 16.4 Å². The van der Waals surface area contributed by atoms with E-state index in [4.69, 9.17) is 5.11 Å². The first-order chi connectivity index (χ1) is 6.20. The maximum absolute atomic E-state index is 10.8. The van der Waals surface area contributed by atoms with Gasteiger partial charge in [0.2, 0.25) is 0 Å². The lowest BCUT2D eigenvalue weighted by molar-refractivity contribution is 0.0685. The molecule has 13 heavy (non-hydrogen) atoms. The van der Waals surface area contributed by atoms with Crippen molar-refractivity contribution in [1.29, 1.82) is 0 Å². The van der Waals surface area contributed by atoms with E-state index in [1.54, 1.807) is 0 Å². The Kier molecular flexibility index (Phi) is 1.69. The zero-order valence-corrected chi connectivity index (χ0v) is 7.63. The van der Waals surface area contributed by atoms with Crippen molar-refractivity contribution < 1.29 is 9.90 Å². The molecule has 0 saturated heterocycles. The summed E-state index contributed by atoms with van der Waals surface area (Å²) in [5, 5.41) is 19.1. The van der Waals surface area contributed by atoms with Crippen molar-refractivity contribution in [2.24, 2.45) is 0 Å². The van der Waals surface area contributed by atoms with Gasteiger partial charge in [0.1, 0.15) is 0 Å². The maximum Gasteiger partial charge on any atom is 0.356 e. The van der Waals surface area contributed by atoms with Gasteiger partial charge in [-0.15, -0.1) is 0 Å². The molecular weight excluding hydrogens is 242 g/mol. The molecule has 0 aliphatic heterocycles.